The second kappa shape index (κ2) is 8.27. The van der Waals surface area contributed by atoms with Crippen molar-refractivity contribution in [2.24, 2.45) is 4.99 Å². The molecule has 0 amide bonds. The minimum Gasteiger partial charge on any atom is -0.463 e. The third-order valence-electron chi connectivity index (χ3n) is 4.45. The van der Waals surface area contributed by atoms with Gasteiger partial charge in [0.2, 0.25) is 5.76 Å². The maximum absolute atomic E-state index is 11.6. The number of halogens is 2. The van der Waals surface area contributed by atoms with Crippen LogP contribution in [-0.2, 0) is 11.3 Å². The molecule has 0 bridgehead atoms. The zero-order chi connectivity index (χ0) is 20.4. The molecule has 29 heavy (non-hydrogen) atoms. The topological polar surface area (TPSA) is 56.7 Å². The number of rotatable bonds is 5. The second-order valence-corrected chi connectivity index (χ2v) is 7.61. The first kappa shape index (κ1) is 19.5. The lowest BCUT2D eigenvalue weighted by Gasteiger charge is -2.02. The zero-order valence-electron chi connectivity index (χ0n) is 15.4. The Balaban J connectivity index is 1.66. The lowest BCUT2D eigenvalue weighted by molar-refractivity contribution is 0.0563. The highest BCUT2D eigenvalue weighted by atomic mass is 79.9. The number of furan rings is 1. The maximum Gasteiger partial charge on any atom is 0.373 e. The van der Waals surface area contributed by atoms with Gasteiger partial charge in [-0.15, -0.1) is 0 Å². The number of esters is 1. The Kier molecular flexibility index (Phi) is 5.56. The van der Waals surface area contributed by atoms with Gasteiger partial charge in [-0.2, -0.15) is 0 Å². The number of hydrogen-bond donors (Lipinski definition) is 0. The van der Waals surface area contributed by atoms with Crippen molar-refractivity contribution in [3.63, 3.8) is 0 Å². The van der Waals surface area contributed by atoms with Gasteiger partial charge in [0.1, 0.15) is 5.76 Å². The van der Waals surface area contributed by atoms with E-state index in [0.29, 0.717) is 17.3 Å². The van der Waals surface area contributed by atoms with Gasteiger partial charge in [0, 0.05) is 33.4 Å². The molecule has 0 saturated carbocycles. The van der Waals surface area contributed by atoms with Gasteiger partial charge in [0.05, 0.1) is 24.4 Å². The van der Waals surface area contributed by atoms with Crippen LogP contribution in [-0.4, -0.2) is 23.9 Å². The first-order valence-electron chi connectivity index (χ1n) is 8.79. The standard InChI is InChI=1S/C22H16BrClN2O3/c1-28-22(27)21-9-7-16(29-21)13-26-12-14(17-4-2-3-5-20(17)26)11-25-15-6-8-18(23)19(24)10-15/h2-12H,13H2,1H3. The van der Waals surface area contributed by atoms with Crippen molar-refractivity contribution >= 4 is 56.3 Å². The average molecular weight is 472 g/mol. The number of methoxy groups -OCH3 is 1. The van der Waals surface area contributed by atoms with Crippen LogP contribution in [0, 0.1) is 0 Å². The van der Waals surface area contributed by atoms with Gasteiger partial charge >= 0.3 is 5.97 Å². The Morgan fingerprint density at radius 2 is 2.07 bits per heavy atom. The number of fused-ring (bicyclic) bond motifs is 1. The van der Waals surface area contributed by atoms with E-state index >= 15 is 0 Å². The summed E-state index contributed by atoms with van der Waals surface area (Å²) in [5.41, 5.74) is 2.78. The third kappa shape index (κ3) is 4.13. The fraction of sp³-hybridized carbons (Fsp3) is 0.0909. The molecule has 0 N–H and O–H groups in total. The smallest absolute Gasteiger partial charge is 0.373 e. The maximum atomic E-state index is 11.6. The van der Waals surface area contributed by atoms with E-state index in [9.17, 15) is 4.79 Å². The molecular formula is C22H16BrClN2O3. The molecule has 146 valence electrons. The number of aromatic nitrogens is 1. The number of aliphatic imine (C=N–C) groups is 1. The van der Waals surface area contributed by atoms with Crippen molar-refractivity contribution in [2.75, 3.05) is 7.11 Å². The molecule has 5 nitrogen and oxygen atoms in total. The third-order valence-corrected chi connectivity index (χ3v) is 5.68. The molecule has 0 aliphatic rings. The normalized spacial score (nSPS) is 11.4. The van der Waals surface area contributed by atoms with Crippen LogP contribution < -0.4 is 0 Å². The number of benzene rings is 2. The van der Waals surface area contributed by atoms with Gasteiger partial charge in [-0.25, -0.2) is 4.79 Å². The highest BCUT2D eigenvalue weighted by Gasteiger charge is 2.13. The van der Waals surface area contributed by atoms with E-state index in [4.69, 9.17) is 20.8 Å². The molecular weight excluding hydrogens is 456 g/mol. The number of para-hydroxylation sites is 1. The van der Waals surface area contributed by atoms with Crippen molar-refractivity contribution in [3.8, 4) is 0 Å². The minimum absolute atomic E-state index is 0.188. The Morgan fingerprint density at radius 3 is 2.86 bits per heavy atom. The molecule has 7 heteroatoms. The molecule has 2 aromatic heterocycles. The summed E-state index contributed by atoms with van der Waals surface area (Å²) in [6.45, 7) is 0.482. The van der Waals surface area contributed by atoms with E-state index in [1.165, 1.54) is 7.11 Å². The summed E-state index contributed by atoms with van der Waals surface area (Å²) >= 11 is 9.53. The van der Waals surface area contributed by atoms with Crippen LogP contribution >= 0.6 is 27.5 Å². The number of hydrogen-bond acceptors (Lipinski definition) is 4. The van der Waals surface area contributed by atoms with E-state index in [0.717, 1.165) is 26.6 Å². The van der Waals surface area contributed by atoms with E-state index < -0.39 is 5.97 Å². The predicted octanol–water partition coefficient (Wildman–Crippen LogP) is 6.24. The molecule has 4 rings (SSSR count). The monoisotopic (exact) mass is 470 g/mol. The molecule has 0 aliphatic carbocycles. The molecule has 4 aromatic rings. The molecule has 0 aliphatic heterocycles. The van der Waals surface area contributed by atoms with Crippen LogP contribution in [0.15, 0.2) is 74.7 Å². The van der Waals surface area contributed by atoms with Crippen LogP contribution in [0.25, 0.3) is 10.9 Å². The quantitative estimate of drug-likeness (QED) is 0.256. The van der Waals surface area contributed by atoms with Crippen LogP contribution in [0.3, 0.4) is 0 Å². The minimum atomic E-state index is -0.491. The molecule has 0 fully saturated rings. The highest BCUT2D eigenvalue weighted by Crippen LogP contribution is 2.28. The molecule has 0 unspecified atom stereocenters. The molecule has 2 heterocycles. The summed E-state index contributed by atoms with van der Waals surface area (Å²) in [6, 6.07) is 17.0. The van der Waals surface area contributed by atoms with Crippen molar-refractivity contribution in [1.82, 2.24) is 4.57 Å². The molecule has 0 spiro atoms. The van der Waals surface area contributed by atoms with Gasteiger partial charge in [-0.1, -0.05) is 29.8 Å². The average Bonchev–Trinajstić information content (AvgIpc) is 3.34. The number of ether oxygens (including phenoxy) is 1. The molecule has 2 aromatic carbocycles. The number of nitrogens with zero attached hydrogens (tertiary/aromatic N) is 2. The Bertz CT molecular complexity index is 1230. The molecule has 0 atom stereocenters. The van der Waals surface area contributed by atoms with Gasteiger partial charge < -0.3 is 13.7 Å². The van der Waals surface area contributed by atoms with Gasteiger partial charge in [-0.05, 0) is 52.3 Å². The lowest BCUT2D eigenvalue weighted by atomic mass is 10.2. The Labute approximate surface area is 180 Å². The van der Waals surface area contributed by atoms with Crippen LogP contribution in [0.1, 0.15) is 21.9 Å². The number of carbonyl (C=O) groups is 1. The lowest BCUT2D eigenvalue weighted by Crippen LogP contribution is -1.99. The van der Waals surface area contributed by atoms with Crippen molar-refractivity contribution in [2.45, 2.75) is 6.54 Å². The first-order valence-corrected chi connectivity index (χ1v) is 9.96. The van der Waals surface area contributed by atoms with Gasteiger partial charge in [0.15, 0.2) is 0 Å². The Hall–Kier alpha value is -2.83. The summed E-state index contributed by atoms with van der Waals surface area (Å²) in [7, 11) is 1.33. The summed E-state index contributed by atoms with van der Waals surface area (Å²) in [5, 5.41) is 1.68. The predicted molar refractivity (Wildman–Crippen MR) is 117 cm³/mol. The largest absolute Gasteiger partial charge is 0.463 e. The first-order chi connectivity index (χ1) is 14.0. The summed E-state index contributed by atoms with van der Waals surface area (Å²) in [4.78, 5) is 16.2. The Morgan fingerprint density at radius 1 is 1.24 bits per heavy atom. The fourth-order valence-corrected chi connectivity index (χ4v) is 3.48. The molecule has 0 saturated heterocycles. The highest BCUT2D eigenvalue weighted by molar-refractivity contribution is 9.10. The van der Waals surface area contributed by atoms with Gasteiger partial charge in [-0.3, -0.25) is 4.99 Å². The van der Waals surface area contributed by atoms with Crippen molar-refractivity contribution < 1.29 is 13.9 Å². The van der Waals surface area contributed by atoms with Crippen LogP contribution in [0.2, 0.25) is 5.02 Å². The fourth-order valence-electron chi connectivity index (χ4n) is 3.06. The van der Waals surface area contributed by atoms with E-state index in [-0.39, 0.29) is 5.76 Å². The zero-order valence-corrected chi connectivity index (χ0v) is 17.8. The SMILES string of the molecule is COC(=O)c1ccc(Cn2cc(C=Nc3ccc(Br)c(Cl)c3)c3ccccc32)o1. The number of carbonyl (C=O) groups excluding carboxylic acids is 1. The summed E-state index contributed by atoms with van der Waals surface area (Å²) in [6.07, 6.45) is 3.83. The second-order valence-electron chi connectivity index (χ2n) is 6.34. The molecule has 0 radical (unpaired) electrons. The van der Waals surface area contributed by atoms with Crippen molar-refractivity contribution in [1.29, 1.82) is 0 Å². The van der Waals surface area contributed by atoms with Crippen LogP contribution in [0.4, 0.5) is 5.69 Å². The van der Waals surface area contributed by atoms with E-state index in [2.05, 4.69) is 25.5 Å². The summed E-state index contributed by atoms with van der Waals surface area (Å²) in [5.74, 6) is 0.358. The van der Waals surface area contributed by atoms with Gasteiger partial charge in [0.25, 0.3) is 0 Å². The van der Waals surface area contributed by atoms with Crippen LogP contribution in [0.5, 0.6) is 0 Å². The summed E-state index contributed by atoms with van der Waals surface area (Å²) < 4.78 is 13.2. The van der Waals surface area contributed by atoms with E-state index in [1.807, 2.05) is 48.8 Å². The van der Waals surface area contributed by atoms with E-state index in [1.54, 1.807) is 18.2 Å². The van der Waals surface area contributed by atoms with Crippen molar-refractivity contribution in [3.05, 3.63) is 87.4 Å².